The van der Waals surface area contributed by atoms with Crippen molar-refractivity contribution in [3.05, 3.63) is 18.2 Å². The van der Waals surface area contributed by atoms with E-state index in [-0.39, 0.29) is 17.0 Å². The summed E-state index contributed by atoms with van der Waals surface area (Å²) in [5.74, 6) is 0.835. The number of nitrogens with zero attached hydrogens (tertiary/aromatic N) is 3. The van der Waals surface area contributed by atoms with Crippen molar-refractivity contribution < 1.29 is 17.9 Å². The smallest absolute Gasteiger partial charge is 0.247 e. The molecule has 2 unspecified atom stereocenters. The van der Waals surface area contributed by atoms with Gasteiger partial charge in [-0.2, -0.15) is 4.31 Å². The van der Waals surface area contributed by atoms with Gasteiger partial charge in [-0.15, -0.1) is 0 Å². The second kappa shape index (κ2) is 9.23. The van der Waals surface area contributed by atoms with Crippen LogP contribution in [0.1, 0.15) is 20.3 Å². The van der Waals surface area contributed by atoms with Crippen LogP contribution in [-0.2, 0) is 10.0 Å². The third-order valence-electron chi connectivity index (χ3n) is 5.08. The van der Waals surface area contributed by atoms with Gasteiger partial charge in [0.05, 0.1) is 14.2 Å². The van der Waals surface area contributed by atoms with E-state index in [1.807, 2.05) is 0 Å². The molecule has 0 aliphatic carbocycles. The largest absolute Gasteiger partial charge is 0.497 e. The predicted molar refractivity (Wildman–Crippen MR) is 107 cm³/mol. The van der Waals surface area contributed by atoms with Gasteiger partial charge in [-0.3, -0.25) is 4.90 Å². The van der Waals surface area contributed by atoms with Crippen LogP contribution < -0.4 is 9.47 Å². The summed E-state index contributed by atoms with van der Waals surface area (Å²) in [6.07, 6.45) is 1.07. The van der Waals surface area contributed by atoms with Crippen LogP contribution in [0.15, 0.2) is 23.1 Å². The van der Waals surface area contributed by atoms with Crippen LogP contribution in [0.2, 0.25) is 0 Å². The Bertz CT molecular complexity index is 712. The number of piperazine rings is 1. The molecule has 0 aromatic heterocycles. The molecule has 0 radical (unpaired) electrons. The zero-order valence-electron chi connectivity index (χ0n) is 17.3. The minimum atomic E-state index is -3.67. The number of rotatable bonds is 8. The van der Waals surface area contributed by atoms with Crippen LogP contribution in [0.25, 0.3) is 0 Å². The normalized spacial score (nSPS) is 22.2. The first-order valence-electron chi connectivity index (χ1n) is 9.33. The van der Waals surface area contributed by atoms with Gasteiger partial charge < -0.3 is 14.4 Å². The number of methoxy groups -OCH3 is 2. The average molecular weight is 400 g/mol. The van der Waals surface area contributed by atoms with Crippen LogP contribution >= 0.6 is 0 Å². The summed E-state index contributed by atoms with van der Waals surface area (Å²) in [5.41, 5.74) is 0. The van der Waals surface area contributed by atoms with E-state index in [9.17, 15) is 8.42 Å². The van der Waals surface area contributed by atoms with Crippen molar-refractivity contribution in [3.63, 3.8) is 0 Å². The number of benzene rings is 1. The molecule has 0 saturated carbocycles. The third-order valence-corrected chi connectivity index (χ3v) is 6.93. The van der Waals surface area contributed by atoms with Crippen molar-refractivity contribution in [1.29, 1.82) is 0 Å². The van der Waals surface area contributed by atoms with E-state index in [0.717, 1.165) is 19.5 Å². The van der Waals surface area contributed by atoms with Gasteiger partial charge in [0.2, 0.25) is 10.0 Å². The van der Waals surface area contributed by atoms with Gasteiger partial charge in [-0.1, -0.05) is 0 Å². The number of sulfonamides is 1. The van der Waals surface area contributed by atoms with Crippen LogP contribution in [0.4, 0.5) is 0 Å². The molecule has 1 saturated heterocycles. The Morgan fingerprint density at radius 3 is 2.26 bits per heavy atom. The molecule has 1 heterocycles. The first-order chi connectivity index (χ1) is 12.7. The molecule has 0 N–H and O–H groups in total. The second-order valence-electron chi connectivity index (χ2n) is 7.43. The lowest BCUT2D eigenvalue weighted by Gasteiger charge is -2.44. The monoisotopic (exact) mass is 399 g/mol. The molecular weight excluding hydrogens is 366 g/mol. The van der Waals surface area contributed by atoms with E-state index in [2.05, 4.69) is 37.7 Å². The highest BCUT2D eigenvalue weighted by molar-refractivity contribution is 7.89. The van der Waals surface area contributed by atoms with Crippen LogP contribution in [0, 0.1) is 0 Å². The fourth-order valence-corrected chi connectivity index (χ4v) is 5.41. The van der Waals surface area contributed by atoms with E-state index in [4.69, 9.17) is 9.47 Å². The summed E-state index contributed by atoms with van der Waals surface area (Å²) in [7, 11) is 3.47. The summed E-state index contributed by atoms with van der Waals surface area (Å²) < 4.78 is 38.7. The summed E-state index contributed by atoms with van der Waals surface area (Å²) >= 11 is 0. The zero-order valence-corrected chi connectivity index (χ0v) is 18.1. The maximum atomic E-state index is 13.3. The molecule has 1 aromatic carbocycles. The summed E-state index contributed by atoms with van der Waals surface area (Å²) in [5, 5.41) is 0. The molecule has 1 aromatic rings. The molecule has 0 amide bonds. The minimum Gasteiger partial charge on any atom is -0.497 e. The van der Waals surface area contributed by atoms with Crippen LogP contribution in [-0.4, -0.2) is 89.1 Å². The van der Waals surface area contributed by atoms with Gasteiger partial charge >= 0.3 is 0 Å². The number of hydrogen-bond donors (Lipinski definition) is 0. The molecule has 0 bridgehead atoms. The van der Waals surface area contributed by atoms with Crippen molar-refractivity contribution in [2.24, 2.45) is 0 Å². The second-order valence-corrected chi connectivity index (χ2v) is 9.34. The molecule has 1 aliphatic rings. The maximum Gasteiger partial charge on any atom is 0.247 e. The van der Waals surface area contributed by atoms with E-state index < -0.39 is 10.0 Å². The predicted octanol–water partition coefficient (Wildman–Crippen LogP) is 1.74. The molecule has 7 nitrogen and oxygen atoms in total. The van der Waals surface area contributed by atoms with Gasteiger partial charge in [-0.25, -0.2) is 8.42 Å². The molecule has 2 atom stereocenters. The first-order valence-corrected chi connectivity index (χ1v) is 10.8. The highest BCUT2D eigenvalue weighted by atomic mass is 32.2. The van der Waals surface area contributed by atoms with Gasteiger partial charge in [-0.05, 0) is 53.0 Å². The molecule has 154 valence electrons. The lowest BCUT2D eigenvalue weighted by molar-refractivity contribution is 0.0739. The van der Waals surface area contributed by atoms with E-state index in [1.54, 1.807) is 16.4 Å². The quantitative estimate of drug-likeness (QED) is 0.664. The Kier molecular flexibility index (Phi) is 7.50. The SMILES string of the molecule is COc1ccc(OC)c(S(=O)(=O)N2CC(C)N(CCCN(C)C)C(C)C2)c1. The third kappa shape index (κ3) is 5.13. The molecular formula is C19H33N3O4S. The molecule has 8 heteroatoms. The minimum absolute atomic E-state index is 0.155. The zero-order chi connectivity index (χ0) is 20.2. The number of ether oxygens (including phenoxy) is 2. The molecule has 1 fully saturated rings. The molecule has 0 spiro atoms. The molecule has 27 heavy (non-hydrogen) atoms. The van der Waals surface area contributed by atoms with E-state index in [1.165, 1.54) is 20.3 Å². The first kappa shape index (κ1) is 21.9. The fourth-order valence-electron chi connectivity index (χ4n) is 3.64. The Labute approximate surface area is 163 Å². The van der Waals surface area contributed by atoms with Crippen molar-refractivity contribution in [3.8, 4) is 11.5 Å². The summed E-state index contributed by atoms with van der Waals surface area (Å²) in [6, 6.07) is 5.18. The highest BCUT2D eigenvalue weighted by Crippen LogP contribution is 2.32. The lowest BCUT2D eigenvalue weighted by Crippen LogP contribution is -2.58. The van der Waals surface area contributed by atoms with E-state index >= 15 is 0 Å². The van der Waals surface area contributed by atoms with Gasteiger partial charge in [0, 0.05) is 37.8 Å². The Morgan fingerprint density at radius 2 is 1.74 bits per heavy atom. The van der Waals surface area contributed by atoms with E-state index in [0.29, 0.717) is 24.6 Å². The lowest BCUT2D eigenvalue weighted by atomic mass is 10.1. The van der Waals surface area contributed by atoms with Crippen LogP contribution in [0.3, 0.4) is 0 Å². The highest BCUT2D eigenvalue weighted by Gasteiger charge is 2.37. The molecule has 2 rings (SSSR count). The van der Waals surface area contributed by atoms with Gasteiger partial charge in [0.15, 0.2) is 0 Å². The molecule has 1 aliphatic heterocycles. The van der Waals surface area contributed by atoms with Crippen molar-refractivity contribution >= 4 is 10.0 Å². The fraction of sp³-hybridized carbons (Fsp3) is 0.684. The van der Waals surface area contributed by atoms with Crippen molar-refractivity contribution in [2.45, 2.75) is 37.2 Å². The summed E-state index contributed by atoms with van der Waals surface area (Å²) in [4.78, 5) is 4.73. The van der Waals surface area contributed by atoms with Crippen molar-refractivity contribution in [1.82, 2.24) is 14.1 Å². The maximum absolute atomic E-state index is 13.3. The Morgan fingerprint density at radius 1 is 1.11 bits per heavy atom. The number of hydrogen-bond acceptors (Lipinski definition) is 6. The standard InChI is InChI=1S/C19H33N3O4S/c1-15-13-21(14-16(2)22(15)11-7-10-20(3)4)27(23,24)19-12-17(25-5)8-9-18(19)26-6/h8-9,12,15-16H,7,10-11,13-14H2,1-6H3. The van der Waals surface area contributed by atoms with Crippen molar-refractivity contribution in [2.75, 3.05) is 54.5 Å². The topological polar surface area (TPSA) is 62.3 Å². The summed E-state index contributed by atoms with van der Waals surface area (Å²) in [6.45, 7) is 7.12. The Balaban J connectivity index is 2.19. The average Bonchev–Trinajstić information content (AvgIpc) is 2.62. The van der Waals surface area contributed by atoms with Crippen LogP contribution in [0.5, 0.6) is 11.5 Å². The van der Waals surface area contributed by atoms with Gasteiger partial charge in [0.1, 0.15) is 16.4 Å². The Hall–Kier alpha value is -1.35. The van der Waals surface area contributed by atoms with Gasteiger partial charge in [0.25, 0.3) is 0 Å².